The number of hydrogen-bond donors (Lipinski definition) is 1. The number of likely N-dealkylation sites (N-methyl/N-ethyl adjacent to an activating group) is 1. The first-order valence-electron chi connectivity index (χ1n) is 5.26. The molecule has 1 aliphatic carbocycles. The predicted molar refractivity (Wildman–Crippen MR) is 64.6 cm³/mol. The summed E-state index contributed by atoms with van der Waals surface area (Å²) in [6.45, 7) is 3.29. The van der Waals surface area contributed by atoms with Crippen molar-refractivity contribution < 1.29 is 0 Å². The van der Waals surface area contributed by atoms with Gasteiger partial charge in [0, 0.05) is 32.1 Å². The van der Waals surface area contributed by atoms with Crippen LogP contribution >= 0.6 is 12.2 Å². The summed E-state index contributed by atoms with van der Waals surface area (Å²) in [5.41, 5.74) is 5.51. The molecule has 0 atom stereocenters. The highest BCUT2D eigenvalue weighted by molar-refractivity contribution is 7.80. The normalized spacial score (nSPS) is 16.6. The molecule has 0 saturated heterocycles. The summed E-state index contributed by atoms with van der Waals surface area (Å²) >= 11 is 4.90. The fraction of sp³-hybridized carbons (Fsp3) is 0.900. The molecule has 0 amide bonds. The molecule has 3 nitrogen and oxygen atoms in total. The number of nitrogens with zero attached hydrogens (tertiary/aromatic N) is 2. The molecular formula is C10H21N3S. The Hall–Kier alpha value is -0.190. The minimum atomic E-state index is 0.639. The van der Waals surface area contributed by atoms with Gasteiger partial charge in [0.25, 0.3) is 0 Å². The Bertz CT molecular complexity index is 190. The summed E-state index contributed by atoms with van der Waals surface area (Å²) in [5, 5.41) is 0. The molecule has 0 heterocycles. The number of nitrogens with two attached hydrogens (primary N) is 1. The van der Waals surface area contributed by atoms with Crippen LogP contribution in [0, 0.1) is 0 Å². The molecule has 1 fully saturated rings. The molecule has 0 aromatic carbocycles. The van der Waals surface area contributed by atoms with Gasteiger partial charge in [0.1, 0.15) is 0 Å². The Morgan fingerprint density at radius 1 is 1.29 bits per heavy atom. The number of thiocarbonyl (C=S) groups is 1. The van der Waals surface area contributed by atoms with Gasteiger partial charge in [-0.3, -0.25) is 4.90 Å². The van der Waals surface area contributed by atoms with E-state index in [-0.39, 0.29) is 0 Å². The molecule has 82 valence electrons. The average Bonchev–Trinajstić information content (AvgIpc) is 2.86. The molecule has 14 heavy (non-hydrogen) atoms. The van der Waals surface area contributed by atoms with Crippen LogP contribution in [0.3, 0.4) is 0 Å². The van der Waals surface area contributed by atoms with Crippen molar-refractivity contribution in [1.82, 2.24) is 9.80 Å². The summed E-state index contributed by atoms with van der Waals surface area (Å²) in [7, 11) is 4.22. The van der Waals surface area contributed by atoms with Crippen molar-refractivity contribution in [2.24, 2.45) is 5.73 Å². The van der Waals surface area contributed by atoms with E-state index in [1.54, 1.807) is 0 Å². The third-order valence-corrected chi connectivity index (χ3v) is 2.75. The van der Waals surface area contributed by atoms with Crippen molar-refractivity contribution >= 4 is 17.2 Å². The van der Waals surface area contributed by atoms with Gasteiger partial charge in [0.15, 0.2) is 0 Å². The van der Waals surface area contributed by atoms with Crippen LogP contribution < -0.4 is 5.73 Å². The Morgan fingerprint density at radius 2 is 1.93 bits per heavy atom. The molecule has 1 saturated carbocycles. The van der Waals surface area contributed by atoms with Crippen molar-refractivity contribution in [2.75, 3.05) is 33.7 Å². The standard InChI is InChI=1S/C10H21N3S/c1-12(2)7-8-13(9-3-4-9)6-5-10(11)14/h9H,3-8H2,1-2H3,(H2,11,14). The maximum absolute atomic E-state index is 5.51. The Kier molecular flexibility index (Phi) is 4.78. The highest BCUT2D eigenvalue weighted by atomic mass is 32.1. The van der Waals surface area contributed by atoms with Crippen LogP contribution in [-0.4, -0.2) is 54.6 Å². The van der Waals surface area contributed by atoms with E-state index in [1.165, 1.54) is 12.8 Å². The van der Waals surface area contributed by atoms with Gasteiger partial charge in [-0.05, 0) is 26.9 Å². The van der Waals surface area contributed by atoms with E-state index < -0.39 is 0 Å². The molecule has 0 aliphatic heterocycles. The molecule has 0 aromatic rings. The van der Waals surface area contributed by atoms with Crippen molar-refractivity contribution in [3.63, 3.8) is 0 Å². The van der Waals surface area contributed by atoms with Crippen LogP contribution in [0.5, 0.6) is 0 Å². The zero-order valence-corrected chi connectivity index (χ0v) is 10.0. The summed E-state index contributed by atoms with van der Waals surface area (Å²) in [6.07, 6.45) is 3.56. The lowest BCUT2D eigenvalue weighted by atomic mass is 10.3. The first kappa shape index (κ1) is 11.9. The zero-order valence-electron chi connectivity index (χ0n) is 9.20. The maximum Gasteiger partial charge on any atom is 0.0740 e. The van der Waals surface area contributed by atoms with Gasteiger partial charge in [0.05, 0.1) is 4.99 Å². The van der Waals surface area contributed by atoms with Crippen LogP contribution in [0.15, 0.2) is 0 Å². The molecule has 2 N–H and O–H groups in total. The van der Waals surface area contributed by atoms with E-state index in [1.807, 2.05) is 0 Å². The molecule has 1 aliphatic rings. The van der Waals surface area contributed by atoms with Crippen LogP contribution in [-0.2, 0) is 0 Å². The van der Waals surface area contributed by atoms with Crippen LogP contribution in [0.4, 0.5) is 0 Å². The van der Waals surface area contributed by atoms with E-state index in [9.17, 15) is 0 Å². The zero-order chi connectivity index (χ0) is 10.6. The van der Waals surface area contributed by atoms with Gasteiger partial charge in [-0.2, -0.15) is 0 Å². The van der Waals surface area contributed by atoms with Crippen molar-refractivity contribution in [3.8, 4) is 0 Å². The highest BCUT2D eigenvalue weighted by Crippen LogP contribution is 2.26. The lowest BCUT2D eigenvalue weighted by Gasteiger charge is -2.23. The predicted octanol–water partition coefficient (Wildman–Crippen LogP) is 0.689. The highest BCUT2D eigenvalue weighted by Gasteiger charge is 2.28. The van der Waals surface area contributed by atoms with Gasteiger partial charge < -0.3 is 10.6 Å². The second-order valence-corrected chi connectivity index (χ2v) is 4.81. The largest absolute Gasteiger partial charge is 0.393 e. The van der Waals surface area contributed by atoms with E-state index >= 15 is 0 Å². The van der Waals surface area contributed by atoms with E-state index in [0.717, 1.165) is 32.1 Å². The molecule has 4 heteroatoms. The molecule has 0 spiro atoms. The molecule has 0 radical (unpaired) electrons. The Labute approximate surface area is 92.2 Å². The van der Waals surface area contributed by atoms with Crippen LogP contribution in [0.1, 0.15) is 19.3 Å². The monoisotopic (exact) mass is 215 g/mol. The lowest BCUT2D eigenvalue weighted by Crippen LogP contribution is -2.35. The minimum Gasteiger partial charge on any atom is -0.393 e. The third kappa shape index (κ3) is 4.88. The maximum atomic E-state index is 5.51. The van der Waals surface area contributed by atoms with E-state index in [2.05, 4.69) is 23.9 Å². The quantitative estimate of drug-likeness (QED) is 0.633. The number of rotatable bonds is 7. The topological polar surface area (TPSA) is 32.5 Å². The third-order valence-electron chi connectivity index (χ3n) is 2.54. The fourth-order valence-electron chi connectivity index (χ4n) is 1.50. The van der Waals surface area contributed by atoms with Gasteiger partial charge >= 0.3 is 0 Å². The fourth-order valence-corrected chi connectivity index (χ4v) is 1.59. The summed E-state index contributed by atoms with van der Waals surface area (Å²) < 4.78 is 0. The first-order valence-corrected chi connectivity index (χ1v) is 5.67. The molecule has 0 bridgehead atoms. The summed E-state index contributed by atoms with van der Waals surface area (Å²) in [5.74, 6) is 0. The minimum absolute atomic E-state index is 0.639. The number of hydrogen-bond acceptors (Lipinski definition) is 3. The molecular weight excluding hydrogens is 194 g/mol. The second-order valence-electron chi connectivity index (χ2n) is 4.29. The van der Waals surface area contributed by atoms with E-state index in [0.29, 0.717) is 4.99 Å². The SMILES string of the molecule is CN(C)CCN(CCC(N)=S)C1CC1. The lowest BCUT2D eigenvalue weighted by molar-refractivity contribution is 0.238. The second kappa shape index (κ2) is 5.63. The van der Waals surface area contributed by atoms with Crippen molar-refractivity contribution in [3.05, 3.63) is 0 Å². The van der Waals surface area contributed by atoms with Crippen LogP contribution in [0.25, 0.3) is 0 Å². The summed E-state index contributed by atoms with van der Waals surface area (Å²) in [6, 6.07) is 0.810. The van der Waals surface area contributed by atoms with Crippen molar-refractivity contribution in [1.29, 1.82) is 0 Å². The van der Waals surface area contributed by atoms with Crippen molar-refractivity contribution in [2.45, 2.75) is 25.3 Å². The van der Waals surface area contributed by atoms with Crippen LogP contribution in [0.2, 0.25) is 0 Å². The molecule has 0 unspecified atom stereocenters. The van der Waals surface area contributed by atoms with Gasteiger partial charge in [-0.25, -0.2) is 0 Å². The molecule has 1 rings (SSSR count). The molecule has 0 aromatic heterocycles. The smallest absolute Gasteiger partial charge is 0.0740 e. The van der Waals surface area contributed by atoms with Gasteiger partial charge in [-0.15, -0.1) is 0 Å². The Morgan fingerprint density at radius 3 is 2.36 bits per heavy atom. The van der Waals surface area contributed by atoms with E-state index in [4.69, 9.17) is 18.0 Å². The first-order chi connectivity index (χ1) is 6.59. The van der Waals surface area contributed by atoms with Gasteiger partial charge in [-0.1, -0.05) is 12.2 Å². The summed E-state index contributed by atoms with van der Waals surface area (Å²) in [4.78, 5) is 5.37. The Balaban J connectivity index is 2.20. The van der Waals surface area contributed by atoms with Gasteiger partial charge in [0.2, 0.25) is 0 Å². The average molecular weight is 215 g/mol.